The minimum Gasteiger partial charge on any atom is -0.378 e. The van der Waals surface area contributed by atoms with E-state index in [1.165, 1.54) is 0 Å². The van der Waals surface area contributed by atoms with E-state index in [1.54, 1.807) is 12.4 Å². The van der Waals surface area contributed by atoms with Crippen molar-refractivity contribution in [2.45, 2.75) is 13.3 Å². The largest absolute Gasteiger partial charge is 0.378 e. The lowest BCUT2D eigenvalue weighted by Gasteiger charge is -2.12. The number of aryl methyl sites for hydroxylation is 1. The van der Waals surface area contributed by atoms with Crippen molar-refractivity contribution >= 4 is 11.5 Å². The average molecular weight is 255 g/mol. The molecule has 0 saturated carbocycles. The number of Topliss-reactive ketones (excluding diaryl/α,β-unsaturated/α-hetero) is 1. The van der Waals surface area contributed by atoms with Gasteiger partial charge in [-0.3, -0.25) is 14.8 Å². The summed E-state index contributed by atoms with van der Waals surface area (Å²) in [4.78, 5) is 22.4. The quantitative estimate of drug-likeness (QED) is 0.786. The van der Waals surface area contributed by atoms with Crippen LogP contribution in [0.1, 0.15) is 21.7 Å². The maximum absolute atomic E-state index is 12.1. The first-order valence-electron chi connectivity index (χ1n) is 6.14. The van der Waals surface area contributed by atoms with Crippen molar-refractivity contribution in [2.75, 3.05) is 19.0 Å². The zero-order chi connectivity index (χ0) is 13.8. The number of ketones is 1. The molecule has 2 aromatic rings. The van der Waals surface area contributed by atoms with Crippen molar-refractivity contribution in [1.29, 1.82) is 0 Å². The number of anilines is 1. The Morgan fingerprint density at radius 3 is 2.32 bits per heavy atom. The van der Waals surface area contributed by atoms with Crippen molar-refractivity contribution in [3.63, 3.8) is 0 Å². The average Bonchev–Trinajstić information content (AvgIpc) is 2.41. The van der Waals surface area contributed by atoms with Gasteiger partial charge in [-0.25, -0.2) is 0 Å². The molecule has 1 heterocycles. The standard InChI is InChI=1S/C15H17N3O/c1-11-9-17-13(10-16-11)8-15(19)12-4-6-14(7-5-12)18(2)3/h4-7,9-10H,8H2,1-3H3. The number of hydrogen-bond acceptors (Lipinski definition) is 4. The number of carbonyl (C=O) groups excluding carboxylic acids is 1. The summed E-state index contributed by atoms with van der Waals surface area (Å²) in [6.07, 6.45) is 3.62. The third-order valence-electron chi connectivity index (χ3n) is 2.88. The van der Waals surface area contributed by atoms with Gasteiger partial charge in [0.15, 0.2) is 5.78 Å². The first-order valence-corrected chi connectivity index (χ1v) is 6.14. The number of benzene rings is 1. The second kappa shape index (κ2) is 5.61. The maximum atomic E-state index is 12.1. The van der Waals surface area contributed by atoms with E-state index < -0.39 is 0 Å². The Morgan fingerprint density at radius 2 is 1.79 bits per heavy atom. The summed E-state index contributed by atoms with van der Waals surface area (Å²) in [5.74, 6) is 0.0588. The van der Waals surface area contributed by atoms with Gasteiger partial charge in [0.25, 0.3) is 0 Å². The van der Waals surface area contributed by atoms with Crippen molar-refractivity contribution in [3.8, 4) is 0 Å². The number of nitrogens with zero attached hydrogens (tertiary/aromatic N) is 3. The van der Waals surface area contributed by atoms with Gasteiger partial charge in [0.05, 0.1) is 17.8 Å². The van der Waals surface area contributed by atoms with Crippen LogP contribution in [0, 0.1) is 6.92 Å². The fourth-order valence-electron chi connectivity index (χ4n) is 1.72. The molecule has 0 unspecified atom stereocenters. The normalized spacial score (nSPS) is 10.3. The van der Waals surface area contributed by atoms with Crippen LogP contribution in [0.4, 0.5) is 5.69 Å². The Bertz CT molecular complexity index is 559. The summed E-state index contributed by atoms with van der Waals surface area (Å²) < 4.78 is 0. The van der Waals surface area contributed by atoms with E-state index in [4.69, 9.17) is 0 Å². The van der Waals surface area contributed by atoms with Crippen molar-refractivity contribution in [1.82, 2.24) is 9.97 Å². The summed E-state index contributed by atoms with van der Waals surface area (Å²) in [5.41, 5.74) is 3.33. The van der Waals surface area contributed by atoms with E-state index in [2.05, 4.69) is 9.97 Å². The lowest BCUT2D eigenvalue weighted by Crippen LogP contribution is -2.09. The highest BCUT2D eigenvalue weighted by Crippen LogP contribution is 2.13. The number of aromatic nitrogens is 2. The summed E-state index contributed by atoms with van der Waals surface area (Å²) in [6, 6.07) is 7.57. The number of hydrogen-bond donors (Lipinski definition) is 0. The lowest BCUT2D eigenvalue weighted by molar-refractivity contribution is 0.0992. The first-order chi connectivity index (χ1) is 9.06. The van der Waals surface area contributed by atoms with E-state index >= 15 is 0 Å². The minimum atomic E-state index is 0.0588. The van der Waals surface area contributed by atoms with Crippen molar-refractivity contribution in [3.05, 3.63) is 53.6 Å². The maximum Gasteiger partial charge on any atom is 0.168 e. The van der Waals surface area contributed by atoms with Gasteiger partial charge in [0.2, 0.25) is 0 Å². The Hall–Kier alpha value is -2.23. The topological polar surface area (TPSA) is 46.1 Å². The summed E-state index contributed by atoms with van der Waals surface area (Å²) in [5, 5.41) is 0. The van der Waals surface area contributed by atoms with Crippen LogP contribution in [0.25, 0.3) is 0 Å². The van der Waals surface area contributed by atoms with Crippen LogP contribution in [-0.4, -0.2) is 29.8 Å². The second-order valence-electron chi connectivity index (χ2n) is 4.69. The smallest absolute Gasteiger partial charge is 0.168 e. The van der Waals surface area contributed by atoms with Crippen LogP contribution in [0.15, 0.2) is 36.7 Å². The molecule has 0 radical (unpaired) electrons. The molecule has 0 aliphatic heterocycles. The molecule has 0 N–H and O–H groups in total. The van der Waals surface area contributed by atoms with E-state index in [0.717, 1.165) is 11.4 Å². The molecule has 1 aromatic carbocycles. The first kappa shape index (κ1) is 13.2. The van der Waals surface area contributed by atoms with Gasteiger partial charge in [-0.1, -0.05) is 0 Å². The van der Waals surface area contributed by atoms with E-state index in [9.17, 15) is 4.79 Å². The Labute approximate surface area is 113 Å². The monoisotopic (exact) mass is 255 g/mol. The fourth-order valence-corrected chi connectivity index (χ4v) is 1.72. The van der Waals surface area contributed by atoms with Gasteiger partial charge >= 0.3 is 0 Å². The lowest BCUT2D eigenvalue weighted by atomic mass is 10.1. The molecule has 0 aliphatic rings. The van der Waals surface area contributed by atoms with E-state index in [1.807, 2.05) is 50.2 Å². The molecule has 0 aliphatic carbocycles. The van der Waals surface area contributed by atoms with Gasteiger partial charge in [-0.2, -0.15) is 0 Å². The van der Waals surface area contributed by atoms with E-state index in [0.29, 0.717) is 11.3 Å². The van der Waals surface area contributed by atoms with Crippen molar-refractivity contribution < 1.29 is 4.79 Å². The predicted molar refractivity (Wildman–Crippen MR) is 75.6 cm³/mol. The molecule has 4 heteroatoms. The molecule has 0 amide bonds. The minimum absolute atomic E-state index is 0.0588. The third kappa shape index (κ3) is 3.37. The molecule has 98 valence electrons. The molecule has 1 aromatic heterocycles. The van der Waals surface area contributed by atoms with Gasteiger partial charge < -0.3 is 4.90 Å². The zero-order valence-electron chi connectivity index (χ0n) is 11.4. The number of rotatable bonds is 4. The van der Waals surface area contributed by atoms with Crippen LogP contribution >= 0.6 is 0 Å². The van der Waals surface area contributed by atoms with Crippen LogP contribution in [0.2, 0.25) is 0 Å². The van der Waals surface area contributed by atoms with Crippen LogP contribution in [0.5, 0.6) is 0 Å². The Morgan fingerprint density at radius 1 is 1.11 bits per heavy atom. The van der Waals surface area contributed by atoms with Gasteiger partial charge in [0, 0.05) is 37.7 Å². The molecule has 4 nitrogen and oxygen atoms in total. The van der Waals surface area contributed by atoms with Crippen LogP contribution in [0.3, 0.4) is 0 Å². The summed E-state index contributed by atoms with van der Waals surface area (Å²) in [6.45, 7) is 1.87. The molecule has 0 fully saturated rings. The highest BCUT2D eigenvalue weighted by Gasteiger charge is 2.08. The molecule has 2 rings (SSSR count). The second-order valence-corrected chi connectivity index (χ2v) is 4.69. The van der Waals surface area contributed by atoms with Crippen molar-refractivity contribution in [2.24, 2.45) is 0 Å². The van der Waals surface area contributed by atoms with Gasteiger partial charge in [0.1, 0.15) is 0 Å². The zero-order valence-corrected chi connectivity index (χ0v) is 11.4. The molecule has 0 saturated heterocycles. The van der Waals surface area contributed by atoms with E-state index in [-0.39, 0.29) is 12.2 Å². The Kier molecular flexibility index (Phi) is 3.90. The molecule has 19 heavy (non-hydrogen) atoms. The summed E-state index contributed by atoms with van der Waals surface area (Å²) in [7, 11) is 3.94. The fraction of sp³-hybridized carbons (Fsp3) is 0.267. The van der Waals surface area contributed by atoms with Gasteiger partial charge in [-0.15, -0.1) is 0 Å². The SMILES string of the molecule is Cc1cnc(CC(=O)c2ccc(N(C)C)cc2)cn1. The van der Waals surface area contributed by atoms with Gasteiger partial charge in [-0.05, 0) is 31.2 Å². The van der Waals surface area contributed by atoms with Crippen LogP contribution in [-0.2, 0) is 6.42 Å². The molecule has 0 atom stereocenters. The molecular weight excluding hydrogens is 238 g/mol. The Balaban J connectivity index is 2.09. The molecular formula is C15H17N3O. The predicted octanol–water partition coefficient (Wildman–Crippen LogP) is 2.28. The summed E-state index contributed by atoms with van der Waals surface area (Å²) >= 11 is 0. The molecule has 0 spiro atoms. The highest BCUT2D eigenvalue weighted by molar-refractivity contribution is 5.97. The third-order valence-corrected chi connectivity index (χ3v) is 2.88. The number of carbonyl (C=O) groups is 1. The van der Waals surface area contributed by atoms with Crippen LogP contribution < -0.4 is 4.90 Å². The molecule has 0 bridgehead atoms. The highest BCUT2D eigenvalue weighted by atomic mass is 16.1.